The summed E-state index contributed by atoms with van der Waals surface area (Å²) in [6, 6.07) is 8.03. The number of benzene rings is 2. The normalized spacial score (nSPS) is 10.6. The molecule has 0 unspecified atom stereocenters. The summed E-state index contributed by atoms with van der Waals surface area (Å²) in [4.78, 5) is 0. The molecule has 0 saturated heterocycles. The molecule has 0 atom stereocenters. The molecule has 19 heavy (non-hydrogen) atoms. The number of nitrogens with two attached hydrogens (primary N) is 1. The van der Waals surface area contributed by atoms with Crippen LogP contribution in [0.25, 0.3) is 0 Å². The van der Waals surface area contributed by atoms with Crippen LogP contribution < -0.4 is 10.5 Å². The van der Waals surface area contributed by atoms with E-state index in [1.54, 1.807) is 0 Å². The van der Waals surface area contributed by atoms with Crippen LogP contribution >= 0.6 is 15.9 Å². The van der Waals surface area contributed by atoms with E-state index in [2.05, 4.69) is 48.8 Å². The maximum Gasteiger partial charge on any atom is 0.142 e. The van der Waals surface area contributed by atoms with Crippen molar-refractivity contribution in [3.05, 3.63) is 51.0 Å². The highest BCUT2D eigenvalue weighted by Gasteiger charge is 2.11. The van der Waals surface area contributed by atoms with Gasteiger partial charge in [0.1, 0.15) is 11.5 Å². The van der Waals surface area contributed by atoms with Crippen LogP contribution in [0.2, 0.25) is 0 Å². The zero-order valence-corrected chi connectivity index (χ0v) is 13.3. The summed E-state index contributed by atoms with van der Waals surface area (Å²) in [7, 11) is 0. The zero-order valence-electron chi connectivity index (χ0n) is 11.7. The van der Waals surface area contributed by atoms with E-state index in [4.69, 9.17) is 10.5 Å². The lowest BCUT2D eigenvalue weighted by molar-refractivity contribution is 0.471. The minimum absolute atomic E-state index is 0.761. The van der Waals surface area contributed by atoms with Gasteiger partial charge in [0.05, 0.1) is 4.47 Å². The van der Waals surface area contributed by atoms with Crippen molar-refractivity contribution in [2.45, 2.75) is 27.7 Å². The molecule has 0 radical (unpaired) electrons. The first kappa shape index (κ1) is 13.9. The number of nitrogen functional groups attached to an aromatic ring is 1. The molecule has 0 spiro atoms. The molecule has 0 fully saturated rings. The number of hydrogen-bond donors (Lipinski definition) is 1. The zero-order chi connectivity index (χ0) is 14.2. The Morgan fingerprint density at radius 3 is 2.26 bits per heavy atom. The molecule has 2 nitrogen and oxygen atoms in total. The Morgan fingerprint density at radius 2 is 1.58 bits per heavy atom. The molecule has 0 aliphatic carbocycles. The van der Waals surface area contributed by atoms with E-state index in [9.17, 15) is 0 Å². The van der Waals surface area contributed by atoms with E-state index in [0.717, 1.165) is 32.8 Å². The molecule has 0 amide bonds. The van der Waals surface area contributed by atoms with Gasteiger partial charge in [-0.2, -0.15) is 0 Å². The van der Waals surface area contributed by atoms with Crippen molar-refractivity contribution in [3.63, 3.8) is 0 Å². The molecule has 0 heterocycles. The smallest absolute Gasteiger partial charge is 0.142 e. The van der Waals surface area contributed by atoms with Crippen LogP contribution in [-0.4, -0.2) is 0 Å². The van der Waals surface area contributed by atoms with Crippen LogP contribution in [0.5, 0.6) is 11.5 Å². The first-order valence-corrected chi connectivity index (χ1v) is 6.99. The summed E-state index contributed by atoms with van der Waals surface area (Å²) in [5.74, 6) is 1.72. The third kappa shape index (κ3) is 2.76. The Morgan fingerprint density at radius 1 is 0.947 bits per heavy atom. The Labute approximate surface area is 122 Å². The molecule has 0 aliphatic rings. The van der Waals surface area contributed by atoms with Crippen molar-refractivity contribution in [2.75, 3.05) is 5.73 Å². The maximum absolute atomic E-state index is 6.08. The number of aryl methyl sites for hydroxylation is 3. The second kappa shape index (κ2) is 5.25. The molecule has 0 aliphatic heterocycles. The quantitative estimate of drug-likeness (QED) is 0.785. The average Bonchev–Trinajstić information content (AvgIpc) is 2.36. The average molecular weight is 320 g/mol. The van der Waals surface area contributed by atoms with Crippen molar-refractivity contribution < 1.29 is 4.74 Å². The Bertz CT molecular complexity index is 635. The molecule has 2 aromatic carbocycles. The van der Waals surface area contributed by atoms with Crippen LogP contribution in [-0.2, 0) is 0 Å². The molecular formula is C16H18BrNO. The fourth-order valence-electron chi connectivity index (χ4n) is 1.94. The van der Waals surface area contributed by atoms with Gasteiger partial charge in [0.25, 0.3) is 0 Å². The van der Waals surface area contributed by atoms with Gasteiger partial charge in [-0.25, -0.2) is 0 Å². The van der Waals surface area contributed by atoms with Gasteiger partial charge < -0.3 is 10.5 Å². The highest BCUT2D eigenvalue weighted by atomic mass is 79.9. The number of halogens is 1. The minimum atomic E-state index is 0.761. The SMILES string of the molecule is Cc1cc(Oc2c(C)ccc(C)c2C)c(Br)cc1N. The number of ether oxygens (including phenoxy) is 1. The van der Waals surface area contributed by atoms with Crippen molar-refractivity contribution in [1.29, 1.82) is 0 Å². The predicted octanol–water partition coefficient (Wildman–Crippen LogP) is 5.06. The minimum Gasteiger partial charge on any atom is -0.456 e. The standard InChI is InChI=1S/C16H18BrNO/c1-9-5-6-10(2)16(12(9)4)19-15-7-11(3)14(18)8-13(15)17/h5-8H,18H2,1-4H3. The largest absolute Gasteiger partial charge is 0.456 e. The van der Waals surface area contributed by atoms with Gasteiger partial charge in [-0.1, -0.05) is 12.1 Å². The second-order valence-electron chi connectivity index (χ2n) is 4.89. The highest BCUT2D eigenvalue weighted by Crippen LogP contribution is 2.36. The van der Waals surface area contributed by atoms with Crippen LogP contribution in [0, 0.1) is 27.7 Å². The summed E-state index contributed by atoms with van der Waals surface area (Å²) in [5.41, 5.74) is 11.2. The van der Waals surface area contributed by atoms with E-state index in [0.29, 0.717) is 0 Å². The molecule has 2 rings (SSSR count). The molecular weight excluding hydrogens is 302 g/mol. The van der Waals surface area contributed by atoms with Crippen LogP contribution in [0.3, 0.4) is 0 Å². The monoisotopic (exact) mass is 319 g/mol. The summed E-state index contributed by atoms with van der Waals surface area (Å²) >= 11 is 3.50. The molecule has 0 aromatic heterocycles. The lowest BCUT2D eigenvalue weighted by Gasteiger charge is -2.15. The molecule has 0 bridgehead atoms. The van der Waals surface area contributed by atoms with Crippen molar-refractivity contribution in [2.24, 2.45) is 0 Å². The van der Waals surface area contributed by atoms with E-state index < -0.39 is 0 Å². The van der Waals surface area contributed by atoms with Crippen molar-refractivity contribution >= 4 is 21.6 Å². The van der Waals surface area contributed by atoms with Gasteiger partial charge in [0, 0.05) is 5.69 Å². The van der Waals surface area contributed by atoms with Crippen LogP contribution in [0.4, 0.5) is 5.69 Å². The topological polar surface area (TPSA) is 35.2 Å². The molecule has 2 N–H and O–H groups in total. The summed E-state index contributed by atoms with van der Waals surface area (Å²) < 4.78 is 6.96. The Balaban J connectivity index is 2.48. The van der Waals surface area contributed by atoms with E-state index in [-0.39, 0.29) is 0 Å². The van der Waals surface area contributed by atoms with Gasteiger partial charge in [-0.15, -0.1) is 0 Å². The summed E-state index contributed by atoms with van der Waals surface area (Å²) in [6.07, 6.45) is 0. The Hall–Kier alpha value is -1.48. The van der Waals surface area contributed by atoms with Gasteiger partial charge in [-0.05, 0) is 78.0 Å². The lowest BCUT2D eigenvalue weighted by Crippen LogP contribution is -1.96. The van der Waals surface area contributed by atoms with E-state index in [1.165, 1.54) is 11.1 Å². The number of rotatable bonds is 2. The van der Waals surface area contributed by atoms with Gasteiger partial charge in [-0.3, -0.25) is 0 Å². The second-order valence-corrected chi connectivity index (χ2v) is 5.75. The summed E-state index contributed by atoms with van der Waals surface area (Å²) in [6.45, 7) is 8.20. The summed E-state index contributed by atoms with van der Waals surface area (Å²) in [5, 5.41) is 0. The first-order chi connectivity index (χ1) is 8.90. The maximum atomic E-state index is 6.08. The van der Waals surface area contributed by atoms with E-state index >= 15 is 0 Å². The molecule has 100 valence electrons. The fourth-order valence-corrected chi connectivity index (χ4v) is 2.38. The number of anilines is 1. The van der Waals surface area contributed by atoms with Gasteiger partial charge in [0.15, 0.2) is 0 Å². The Kier molecular flexibility index (Phi) is 3.85. The predicted molar refractivity (Wildman–Crippen MR) is 84.0 cm³/mol. The van der Waals surface area contributed by atoms with Gasteiger partial charge >= 0.3 is 0 Å². The van der Waals surface area contributed by atoms with Crippen molar-refractivity contribution in [1.82, 2.24) is 0 Å². The van der Waals surface area contributed by atoms with Crippen molar-refractivity contribution in [3.8, 4) is 11.5 Å². The fraction of sp³-hybridized carbons (Fsp3) is 0.250. The number of hydrogen-bond acceptors (Lipinski definition) is 2. The third-order valence-electron chi connectivity index (χ3n) is 3.41. The molecule has 2 aromatic rings. The van der Waals surface area contributed by atoms with Crippen LogP contribution in [0.15, 0.2) is 28.7 Å². The first-order valence-electron chi connectivity index (χ1n) is 6.20. The van der Waals surface area contributed by atoms with Crippen LogP contribution in [0.1, 0.15) is 22.3 Å². The lowest BCUT2D eigenvalue weighted by atomic mass is 10.1. The van der Waals surface area contributed by atoms with Gasteiger partial charge in [0.2, 0.25) is 0 Å². The third-order valence-corrected chi connectivity index (χ3v) is 4.03. The highest BCUT2D eigenvalue weighted by molar-refractivity contribution is 9.10. The molecule has 0 saturated carbocycles. The molecule has 3 heteroatoms. The van der Waals surface area contributed by atoms with E-state index in [1.807, 2.05) is 19.1 Å².